The zero-order chi connectivity index (χ0) is 13.9. The lowest BCUT2D eigenvalue weighted by molar-refractivity contribution is 0.183. The molecule has 0 fully saturated rings. The summed E-state index contributed by atoms with van der Waals surface area (Å²) in [4.78, 5) is 6.38. The topological polar surface area (TPSA) is 24.9 Å². The first-order valence-corrected chi connectivity index (χ1v) is 8.56. The molecule has 2 nitrogen and oxygen atoms in total. The minimum absolute atomic E-state index is 0.475. The Hall–Kier alpha value is -0.410. The maximum absolute atomic E-state index is 4.82. The summed E-state index contributed by atoms with van der Waals surface area (Å²) in [7, 11) is 0. The summed E-state index contributed by atoms with van der Waals surface area (Å²) in [6, 6.07) is 0. The molecule has 1 aliphatic carbocycles. The van der Waals surface area contributed by atoms with Crippen molar-refractivity contribution in [2.24, 2.45) is 11.3 Å². The molecule has 3 heteroatoms. The van der Waals surface area contributed by atoms with Gasteiger partial charge in [-0.3, -0.25) is 0 Å². The van der Waals surface area contributed by atoms with E-state index in [0.717, 1.165) is 19.0 Å². The highest BCUT2D eigenvalue weighted by Gasteiger charge is 2.32. The van der Waals surface area contributed by atoms with Crippen molar-refractivity contribution < 1.29 is 0 Å². The van der Waals surface area contributed by atoms with Crippen molar-refractivity contribution in [3.8, 4) is 0 Å². The number of hydrogen-bond donors (Lipinski definition) is 1. The van der Waals surface area contributed by atoms with Gasteiger partial charge in [-0.25, -0.2) is 4.98 Å². The van der Waals surface area contributed by atoms with Gasteiger partial charge >= 0.3 is 0 Å². The van der Waals surface area contributed by atoms with Crippen LogP contribution in [0.25, 0.3) is 0 Å². The predicted molar refractivity (Wildman–Crippen MR) is 83.7 cm³/mol. The molecule has 1 aliphatic rings. The SMILES string of the molecule is CCCNCc1nc2c(s1)CC(C(C)(C)CC)CC2. The van der Waals surface area contributed by atoms with E-state index in [2.05, 4.69) is 33.0 Å². The molecule has 2 rings (SSSR count). The first-order chi connectivity index (χ1) is 9.06. The molecule has 0 saturated carbocycles. The third-order valence-electron chi connectivity index (χ3n) is 4.70. The largest absolute Gasteiger partial charge is 0.310 e. The van der Waals surface area contributed by atoms with Crippen LogP contribution < -0.4 is 5.32 Å². The summed E-state index contributed by atoms with van der Waals surface area (Å²) < 4.78 is 0. The van der Waals surface area contributed by atoms with E-state index in [0.29, 0.717) is 5.41 Å². The quantitative estimate of drug-likeness (QED) is 0.791. The summed E-state index contributed by atoms with van der Waals surface area (Å²) in [6.45, 7) is 11.4. The van der Waals surface area contributed by atoms with Crippen LogP contribution in [0, 0.1) is 11.3 Å². The fourth-order valence-electron chi connectivity index (χ4n) is 2.83. The molecule has 1 N–H and O–H groups in total. The van der Waals surface area contributed by atoms with Gasteiger partial charge in [0.15, 0.2) is 0 Å². The summed E-state index contributed by atoms with van der Waals surface area (Å²) >= 11 is 1.94. The molecule has 0 aliphatic heterocycles. The number of thiazole rings is 1. The molecule has 0 bridgehead atoms. The van der Waals surface area contributed by atoms with E-state index < -0.39 is 0 Å². The van der Waals surface area contributed by atoms with Gasteiger partial charge in [0.25, 0.3) is 0 Å². The Balaban J connectivity index is 2.01. The van der Waals surface area contributed by atoms with E-state index in [-0.39, 0.29) is 0 Å². The predicted octanol–water partition coefficient (Wildman–Crippen LogP) is 4.18. The fourth-order valence-corrected chi connectivity index (χ4v) is 4.00. The van der Waals surface area contributed by atoms with E-state index in [1.54, 1.807) is 4.88 Å². The van der Waals surface area contributed by atoms with Crippen molar-refractivity contribution in [3.63, 3.8) is 0 Å². The van der Waals surface area contributed by atoms with E-state index >= 15 is 0 Å². The van der Waals surface area contributed by atoms with Crippen LogP contribution in [-0.2, 0) is 19.4 Å². The summed E-state index contributed by atoms with van der Waals surface area (Å²) in [6.07, 6.45) is 6.23. The molecule has 1 aromatic rings. The van der Waals surface area contributed by atoms with E-state index in [4.69, 9.17) is 4.98 Å². The molecule has 0 saturated heterocycles. The molecular weight excluding hydrogens is 252 g/mol. The van der Waals surface area contributed by atoms with Gasteiger partial charge in [-0.2, -0.15) is 0 Å². The van der Waals surface area contributed by atoms with Gasteiger partial charge in [-0.05, 0) is 43.6 Å². The highest BCUT2D eigenvalue weighted by molar-refractivity contribution is 7.11. The minimum Gasteiger partial charge on any atom is -0.310 e. The zero-order valence-corrected chi connectivity index (χ0v) is 13.7. The van der Waals surface area contributed by atoms with Gasteiger partial charge < -0.3 is 5.32 Å². The number of nitrogens with one attached hydrogen (secondary N) is 1. The first-order valence-electron chi connectivity index (χ1n) is 7.75. The van der Waals surface area contributed by atoms with Gasteiger partial charge in [0.1, 0.15) is 5.01 Å². The Morgan fingerprint density at radius 1 is 1.37 bits per heavy atom. The molecule has 1 unspecified atom stereocenters. The van der Waals surface area contributed by atoms with Crippen LogP contribution in [-0.4, -0.2) is 11.5 Å². The van der Waals surface area contributed by atoms with Crippen molar-refractivity contribution in [2.45, 2.75) is 66.3 Å². The molecule has 1 aromatic heterocycles. The van der Waals surface area contributed by atoms with Crippen LogP contribution in [0.15, 0.2) is 0 Å². The average Bonchev–Trinajstić information content (AvgIpc) is 2.80. The fraction of sp³-hybridized carbons (Fsp3) is 0.812. The van der Waals surface area contributed by atoms with Gasteiger partial charge in [0.2, 0.25) is 0 Å². The molecule has 0 spiro atoms. The maximum Gasteiger partial charge on any atom is 0.107 e. The second-order valence-electron chi connectivity index (χ2n) is 6.44. The molecule has 0 aromatic carbocycles. The van der Waals surface area contributed by atoms with Gasteiger partial charge in [-0.15, -0.1) is 11.3 Å². The third kappa shape index (κ3) is 3.57. The number of hydrogen-bond acceptors (Lipinski definition) is 3. The lowest BCUT2D eigenvalue weighted by Crippen LogP contribution is -2.28. The molecule has 1 atom stereocenters. The van der Waals surface area contributed by atoms with Crippen molar-refractivity contribution in [3.05, 3.63) is 15.6 Å². The summed E-state index contributed by atoms with van der Waals surface area (Å²) in [5.74, 6) is 0.835. The summed E-state index contributed by atoms with van der Waals surface area (Å²) in [5.41, 5.74) is 1.86. The van der Waals surface area contributed by atoms with Crippen molar-refractivity contribution in [1.29, 1.82) is 0 Å². The standard InChI is InChI=1S/C16H28N2S/c1-5-9-17-11-15-18-13-8-7-12(10-14(13)19-15)16(3,4)6-2/h12,17H,5-11H2,1-4H3. The lowest BCUT2D eigenvalue weighted by atomic mass is 9.70. The van der Waals surface area contributed by atoms with Crippen LogP contribution in [0.1, 0.15) is 62.5 Å². The Morgan fingerprint density at radius 2 is 2.16 bits per heavy atom. The normalized spacial score (nSPS) is 19.5. The molecule has 19 heavy (non-hydrogen) atoms. The highest BCUT2D eigenvalue weighted by Crippen LogP contribution is 2.41. The number of aromatic nitrogens is 1. The Morgan fingerprint density at radius 3 is 2.84 bits per heavy atom. The number of aryl methyl sites for hydroxylation is 1. The van der Waals surface area contributed by atoms with Crippen molar-refractivity contribution in [1.82, 2.24) is 10.3 Å². The maximum atomic E-state index is 4.82. The van der Waals surface area contributed by atoms with E-state index in [9.17, 15) is 0 Å². The Bertz CT molecular complexity index is 409. The van der Waals surface area contributed by atoms with Crippen LogP contribution >= 0.6 is 11.3 Å². The van der Waals surface area contributed by atoms with E-state index in [1.807, 2.05) is 11.3 Å². The molecule has 108 valence electrons. The van der Waals surface area contributed by atoms with Crippen LogP contribution in [0.4, 0.5) is 0 Å². The summed E-state index contributed by atoms with van der Waals surface area (Å²) in [5, 5.41) is 4.75. The van der Waals surface area contributed by atoms with E-state index in [1.165, 1.54) is 42.8 Å². The Labute approximate surface area is 122 Å². The lowest BCUT2D eigenvalue weighted by Gasteiger charge is -2.35. The van der Waals surface area contributed by atoms with Crippen LogP contribution in [0.5, 0.6) is 0 Å². The van der Waals surface area contributed by atoms with Crippen LogP contribution in [0.2, 0.25) is 0 Å². The average molecular weight is 280 g/mol. The minimum atomic E-state index is 0.475. The molecule has 0 amide bonds. The van der Waals surface area contributed by atoms with Crippen LogP contribution in [0.3, 0.4) is 0 Å². The van der Waals surface area contributed by atoms with Gasteiger partial charge in [0, 0.05) is 11.4 Å². The number of fused-ring (bicyclic) bond motifs is 1. The first kappa shape index (κ1) is 15.0. The molecule has 0 radical (unpaired) electrons. The van der Waals surface area contributed by atoms with Crippen molar-refractivity contribution in [2.75, 3.05) is 6.54 Å². The monoisotopic (exact) mass is 280 g/mol. The second-order valence-corrected chi connectivity index (χ2v) is 7.60. The highest BCUT2D eigenvalue weighted by atomic mass is 32.1. The van der Waals surface area contributed by atoms with Crippen molar-refractivity contribution >= 4 is 11.3 Å². The number of rotatable bonds is 6. The third-order valence-corrected chi connectivity index (χ3v) is 5.82. The van der Waals surface area contributed by atoms with Gasteiger partial charge in [-0.1, -0.05) is 34.1 Å². The second kappa shape index (κ2) is 6.36. The zero-order valence-electron chi connectivity index (χ0n) is 12.9. The van der Waals surface area contributed by atoms with Gasteiger partial charge in [0.05, 0.1) is 5.69 Å². The molecule has 1 heterocycles. The smallest absolute Gasteiger partial charge is 0.107 e. The number of nitrogens with zero attached hydrogens (tertiary/aromatic N) is 1. The Kier molecular flexibility index (Phi) is 5.02. The molecular formula is C16H28N2S.